The molecule has 136 valence electrons. The molecule has 2 aromatic rings. The maximum Gasteiger partial charge on any atom is 0.316 e. The van der Waals surface area contributed by atoms with E-state index in [-0.39, 0.29) is 24.7 Å². The van der Waals surface area contributed by atoms with E-state index in [2.05, 4.69) is 17.4 Å². The zero-order valence-corrected chi connectivity index (χ0v) is 15.1. The van der Waals surface area contributed by atoms with Crippen LogP contribution < -0.4 is 5.32 Å². The van der Waals surface area contributed by atoms with Crippen molar-refractivity contribution >= 4 is 23.6 Å². The van der Waals surface area contributed by atoms with Crippen LogP contribution in [0.25, 0.3) is 0 Å². The Balaban J connectivity index is 1.37. The van der Waals surface area contributed by atoms with E-state index in [0.29, 0.717) is 5.56 Å². The number of aryl methyl sites for hydroxylation is 2. The molecule has 0 saturated carbocycles. The van der Waals surface area contributed by atoms with Gasteiger partial charge >= 0.3 is 5.97 Å². The lowest BCUT2D eigenvalue weighted by Gasteiger charge is -2.08. The Labute approximate surface area is 156 Å². The minimum absolute atomic E-state index is 0.0624. The normalized spacial score (nSPS) is 12.5. The standard InChI is InChI=1S/C20H20FNO3S/c21-18-7-2-1-4-16(18)11-22-19(23)12-25-20(24)13-26-17-9-8-14-5-3-6-15(14)10-17/h1-2,4,7-10H,3,5-6,11-13H2,(H,22,23). The molecular formula is C20H20FNO3S. The molecule has 0 unspecified atom stereocenters. The molecule has 1 amide bonds. The minimum atomic E-state index is -0.455. The summed E-state index contributed by atoms with van der Waals surface area (Å²) in [6.45, 7) is -0.301. The van der Waals surface area contributed by atoms with Crippen molar-refractivity contribution in [2.75, 3.05) is 12.4 Å². The molecule has 26 heavy (non-hydrogen) atoms. The van der Waals surface area contributed by atoms with E-state index >= 15 is 0 Å². The van der Waals surface area contributed by atoms with Gasteiger partial charge in [0.25, 0.3) is 5.91 Å². The van der Waals surface area contributed by atoms with Crippen LogP contribution in [0.5, 0.6) is 0 Å². The monoisotopic (exact) mass is 373 g/mol. The van der Waals surface area contributed by atoms with E-state index in [4.69, 9.17) is 4.74 Å². The number of thioether (sulfide) groups is 1. The van der Waals surface area contributed by atoms with Crippen molar-refractivity contribution < 1.29 is 18.7 Å². The lowest BCUT2D eigenvalue weighted by atomic mass is 10.1. The molecule has 0 heterocycles. The first-order chi connectivity index (χ1) is 12.6. The van der Waals surface area contributed by atoms with E-state index in [0.717, 1.165) is 17.7 Å². The van der Waals surface area contributed by atoms with Gasteiger partial charge in [0.1, 0.15) is 5.82 Å². The number of nitrogens with one attached hydrogen (secondary N) is 1. The Bertz CT molecular complexity index is 809. The number of esters is 1. The van der Waals surface area contributed by atoms with Crippen LogP contribution in [0.1, 0.15) is 23.1 Å². The summed E-state index contributed by atoms with van der Waals surface area (Å²) in [5.41, 5.74) is 3.14. The van der Waals surface area contributed by atoms with Crippen LogP contribution in [-0.2, 0) is 33.7 Å². The third kappa shape index (κ3) is 5.08. The second kappa shape index (κ2) is 8.85. The Morgan fingerprint density at radius 3 is 2.77 bits per heavy atom. The fraction of sp³-hybridized carbons (Fsp3) is 0.300. The maximum atomic E-state index is 13.5. The van der Waals surface area contributed by atoms with Crippen molar-refractivity contribution in [1.29, 1.82) is 0 Å². The molecule has 0 aliphatic heterocycles. The molecule has 2 aromatic carbocycles. The minimum Gasteiger partial charge on any atom is -0.455 e. The molecule has 3 rings (SSSR count). The first-order valence-electron chi connectivity index (χ1n) is 8.52. The highest BCUT2D eigenvalue weighted by Gasteiger charge is 2.13. The molecule has 1 N–H and O–H groups in total. The molecule has 0 spiro atoms. The summed E-state index contributed by atoms with van der Waals surface area (Å²) in [4.78, 5) is 24.6. The molecule has 0 fully saturated rings. The van der Waals surface area contributed by atoms with E-state index in [1.165, 1.54) is 35.4 Å². The molecule has 6 heteroatoms. The fourth-order valence-electron chi connectivity index (χ4n) is 2.85. The third-order valence-corrected chi connectivity index (χ3v) is 5.19. The third-order valence-electron chi connectivity index (χ3n) is 4.22. The van der Waals surface area contributed by atoms with Gasteiger partial charge in [0.2, 0.25) is 0 Å². The van der Waals surface area contributed by atoms with Gasteiger partial charge in [0.15, 0.2) is 6.61 Å². The van der Waals surface area contributed by atoms with Gasteiger partial charge in [-0.2, -0.15) is 0 Å². The molecule has 4 nitrogen and oxygen atoms in total. The molecule has 1 aliphatic rings. The summed E-state index contributed by atoms with van der Waals surface area (Å²) in [6.07, 6.45) is 3.41. The predicted octanol–water partition coefficient (Wildman–Crippen LogP) is 3.27. The van der Waals surface area contributed by atoms with Crippen LogP contribution >= 0.6 is 11.8 Å². The van der Waals surface area contributed by atoms with Crippen LogP contribution in [0.2, 0.25) is 0 Å². The zero-order valence-electron chi connectivity index (χ0n) is 14.3. The lowest BCUT2D eigenvalue weighted by molar-refractivity contribution is -0.145. The Kier molecular flexibility index (Phi) is 6.28. The van der Waals surface area contributed by atoms with Crippen molar-refractivity contribution in [1.82, 2.24) is 5.32 Å². The molecule has 0 aromatic heterocycles. The Hall–Kier alpha value is -2.34. The molecule has 0 saturated heterocycles. The summed E-state index contributed by atoms with van der Waals surface area (Å²) >= 11 is 1.40. The number of carbonyl (C=O) groups is 2. The second-order valence-electron chi connectivity index (χ2n) is 6.10. The van der Waals surface area contributed by atoms with Crippen LogP contribution in [0, 0.1) is 5.82 Å². The number of rotatable bonds is 7. The van der Waals surface area contributed by atoms with Crippen molar-refractivity contribution in [3.05, 3.63) is 65.0 Å². The molecule has 1 aliphatic carbocycles. The Morgan fingerprint density at radius 2 is 1.92 bits per heavy atom. The highest BCUT2D eigenvalue weighted by Crippen LogP contribution is 2.27. The average molecular weight is 373 g/mol. The first-order valence-corrected chi connectivity index (χ1v) is 9.51. The topological polar surface area (TPSA) is 55.4 Å². The van der Waals surface area contributed by atoms with E-state index < -0.39 is 11.9 Å². The summed E-state index contributed by atoms with van der Waals surface area (Å²) < 4.78 is 18.4. The lowest BCUT2D eigenvalue weighted by Crippen LogP contribution is -2.29. The van der Waals surface area contributed by atoms with E-state index in [1.807, 2.05) is 6.07 Å². The summed E-state index contributed by atoms with van der Waals surface area (Å²) in [5, 5.41) is 2.53. The van der Waals surface area contributed by atoms with Crippen LogP contribution in [0.15, 0.2) is 47.4 Å². The van der Waals surface area contributed by atoms with Crippen molar-refractivity contribution in [2.24, 2.45) is 0 Å². The van der Waals surface area contributed by atoms with E-state index in [1.54, 1.807) is 18.2 Å². The summed E-state index contributed by atoms with van der Waals surface area (Å²) in [7, 11) is 0. The number of amides is 1. The quantitative estimate of drug-likeness (QED) is 0.598. The molecule has 0 bridgehead atoms. The summed E-state index contributed by atoms with van der Waals surface area (Å²) in [6, 6.07) is 12.5. The van der Waals surface area contributed by atoms with Crippen LogP contribution in [0.3, 0.4) is 0 Å². The van der Waals surface area contributed by atoms with E-state index in [9.17, 15) is 14.0 Å². The molecule has 0 radical (unpaired) electrons. The maximum absolute atomic E-state index is 13.5. The second-order valence-corrected chi connectivity index (χ2v) is 7.15. The van der Waals surface area contributed by atoms with Crippen LogP contribution in [-0.4, -0.2) is 24.2 Å². The van der Waals surface area contributed by atoms with Gasteiger partial charge in [-0.15, -0.1) is 11.8 Å². The highest BCUT2D eigenvalue weighted by molar-refractivity contribution is 8.00. The average Bonchev–Trinajstić information content (AvgIpc) is 3.12. The number of benzene rings is 2. The molecular weight excluding hydrogens is 353 g/mol. The SMILES string of the molecule is O=C(COC(=O)CSc1ccc2c(c1)CCC2)NCc1ccccc1F. The van der Waals surface area contributed by atoms with Gasteiger partial charge in [-0.1, -0.05) is 24.3 Å². The van der Waals surface area contributed by atoms with Gasteiger partial charge in [-0.3, -0.25) is 9.59 Å². The summed E-state index contributed by atoms with van der Waals surface area (Å²) in [5.74, 6) is -1.13. The van der Waals surface area contributed by atoms with Gasteiger partial charge in [-0.25, -0.2) is 4.39 Å². The van der Waals surface area contributed by atoms with Crippen LogP contribution in [0.4, 0.5) is 4.39 Å². The molecule has 0 atom stereocenters. The van der Waals surface area contributed by atoms with Gasteiger partial charge < -0.3 is 10.1 Å². The largest absolute Gasteiger partial charge is 0.455 e. The predicted molar refractivity (Wildman–Crippen MR) is 98.4 cm³/mol. The van der Waals surface area contributed by atoms with Gasteiger partial charge in [-0.05, 0) is 48.6 Å². The van der Waals surface area contributed by atoms with Gasteiger partial charge in [0, 0.05) is 17.0 Å². The number of carbonyl (C=O) groups excluding carboxylic acids is 2. The first kappa shape index (κ1) is 18.5. The van der Waals surface area contributed by atoms with Gasteiger partial charge in [0.05, 0.1) is 5.75 Å². The number of halogens is 1. The van der Waals surface area contributed by atoms with Crippen molar-refractivity contribution in [3.63, 3.8) is 0 Å². The number of hydrogen-bond donors (Lipinski definition) is 1. The zero-order chi connectivity index (χ0) is 18.4. The van der Waals surface area contributed by atoms with Crippen molar-refractivity contribution in [3.8, 4) is 0 Å². The van der Waals surface area contributed by atoms with Crippen molar-refractivity contribution in [2.45, 2.75) is 30.7 Å². The smallest absolute Gasteiger partial charge is 0.316 e. The number of fused-ring (bicyclic) bond motifs is 1. The number of hydrogen-bond acceptors (Lipinski definition) is 4. The highest BCUT2D eigenvalue weighted by atomic mass is 32.2. The number of ether oxygens (including phenoxy) is 1. The Morgan fingerprint density at radius 1 is 1.12 bits per heavy atom. The fourth-order valence-corrected chi connectivity index (χ4v) is 3.61.